The molecule has 9 heavy (non-hydrogen) atoms. The molecule has 1 aliphatic rings. The number of hydrogen-bond donors (Lipinski definition) is 1. The first-order valence-corrected chi connectivity index (χ1v) is 2.65. The van der Waals surface area contributed by atoms with Crippen LogP contribution in [-0.2, 0) is 0 Å². The van der Waals surface area contributed by atoms with Crippen LogP contribution in [-0.4, -0.2) is 28.7 Å². The van der Waals surface area contributed by atoms with E-state index in [9.17, 15) is 4.79 Å². The monoisotopic (exact) mass is 126 g/mol. The van der Waals surface area contributed by atoms with Crippen LogP contribution >= 0.6 is 0 Å². The second-order valence-corrected chi connectivity index (χ2v) is 1.91. The van der Waals surface area contributed by atoms with E-state index in [2.05, 4.69) is 0 Å². The van der Waals surface area contributed by atoms with E-state index < -0.39 is 6.09 Å². The molecule has 1 aliphatic heterocycles. The summed E-state index contributed by atoms with van der Waals surface area (Å²) in [4.78, 5) is 11.3. The maximum Gasteiger partial charge on any atom is 0.408 e. The van der Waals surface area contributed by atoms with Crippen LogP contribution < -0.4 is 0 Å². The van der Waals surface area contributed by atoms with Crippen molar-refractivity contribution in [1.82, 2.24) is 4.90 Å². The van der Waals surface area contributed by atoms with Gasteiger partial charge in [-0.15, -0.1) is 0 Å². The minimum atomic E-state index is -0.993. The minimum Gasteiger partial charge on any atom is -0.465 e. The van der Waals surface area contributed by atoms with E-state index in [0.717, 1.165) is 4.90 Å². The summed E-state index contributed by atoms with van der Waals surface area (Å²) in [6, 6.07) is 1.49. The number of nitriles is 1. The maximum atomic E-state index is 10.1. The van der Waals surface area contributed by atoms with E-state index in [1.165, 1.54) is 0 Å². The van der Waals surface area contributed by atoms with Crippen LogP contribution in [0, 0.1) is 11.3 Å². The molecule has 1 N–H and O–H groups in total. The zero-order chi connectivity index (χ0) is 6.85. The molecule has 0 saturated carbocycles. The van der Waals surface area contributed by atoms with Crippen molar-refractivity contribution in [3.8, 4) is 6.07 Å². The Hall–Kier alpha value is -1.24. The Labute approximate surface area is 52.3 Å². The largest absolute Gasteiger partial charge is 0.465 e. The smallest absolute Gasteiger partial charge is 0.408 e. The highest BCUT2D eigenvalue weighted by atomic mass is 16.4. The Morgan fingerprint density at radius 3 is 2.67 bits per heavy atom. The van der Waals surface area contributed by atoms with Crippen molar-refractivity contribution in [3.05, 3.63) is 0 Å². The van der Waals surface area contributed by atoms with Gasteiger partial charge in [-0.2, -0.15) is 5.26 Å². The van der Waals surface area contributed by atoms with Gasteiger partial charge >= 0.3 is 6.09 Å². The van der Waals surface area contributed by atoms with Gasteiger partial charge in [-0.1, -0.05) is 0 Å². The maximum absolute atomic E-state index is 10.1. The van der Waals surface area contributed by atoms with Gasteiger partial charge in [-0.3, -0.25) is 4.90 Å². The number of nitrogens with zero attached hydrogens (tertiary/aromatic N) is 2. The quantitative estimate of drug-likeness (QED) is 0.506. The highest BCUT2D eigenvalue weighted by Gasteiger charge is 2.31. The Kier molecular flexibility index (Phi) is 1.27. The molecule has 0 aromatic heterocycles. The summed E-state index contributed by atoms with van der Waals surface area (Å²) in [7, 11) is 0. The summed E-state index contributed by atoms with van der Waals surface area (Å²) in [6.45, 7) is 0.508. The lowest BCUT2D eigenvalue weighted by Crippen LogP contribution is -2.49. The third-order valence-corrected chi connectivity index (χ3v) is 1.41. The zero-order valence-electron chi connectivity index (χ0n) is 4.74. The normalized spacial score (nSPS) is 24.3. The average Bonchev–Trinajstić information content (AvgIpc) is 1.61. The average molecular weight is 126 g/mol. The van der Waals surface area contributed by atoms with Crippen molar-refractivity contribution in [2.75, 3.05) is 6.54 Å². The standard InChI is InChI=1S/C5H6N2O2/c6-3-4-1-2-7(4)5(8)9/h4H,1-2H2,(H,8,9). The molecule has 0 aromatic rings. The first kappa shape index (κ1) is 5.89. The molecule has 1 saturated heterocycles. The molecule has 1 unspecified atom stereocenters. The Bertz CT molecular complexity index is 172. The van der Waals surface area contributed by atoms with Gasteiger partial charge < -0.3 is 5.11 Å². The van der Waals surface area contributed by atoms with Gasteiger partial charge in [0.25, 0.3) is 0 Å². The van der Waals surface area contributed by atoms with Gasteiger partial charge in [0, 0.05) is 6.54 Å². The summed E-state index contributed by atoms with van der Waals surface area (Å²) < 4.78 is 0. The summed E-state index contributed by atoms with van der Waals surface area (Å²) in [6.07, 6.45) is -0.309. The van der Waals surface area contributed by atoms with Crippen LogP contribution in [0.15, 0.2) is 0 Å². The van der Waals surface area contributed by atoms with Crippen molar-refractivity contribution in [3.63, 3.8) is 0 Å². The van der Waals surface area contributed by atoms with Crippen LogP contribution in [0.5, 0.6) is 0 Å². The third-order valence-electron chi connectivity index (χ3n) is 1.41. The summed E-state index contributed by atoms with van der Waals surface area (Å²) >= 11 is 0. The molecule has 48 valence electrons. The number of likely N-dealkylation sites (tertiary alicyclic amines) is 1. The van der Waals surface area contributed by atoms with Crippen molar-refractivity contribution >= 4 is 6.09 Å². The minimum absolute atomic E-state index is 0.387. The third kappa shape index (κ3) is 0.809. The lowest BCUT2D eigenvalue weighted by atomic mass is 10.1. The van der Waals surface area contributed by atoms with Crippen LogP contribution in [0.4, 0.5) is 4.79 Å². The number of rotatable bonds is 0. The fraction of sp³-hybridized carbons (Fsp3) is 0.600. The van der Waals surface area contributed by atoms with Crippen LogP contribution in [0.3, 0.4) is 0 Å². The molecule has 1 rings (SSSR count). The number of carboxylic acid groups (broad SMARTS) is 1. The first-order chi connectivity index (χ1) is 4.25. The predicted octanol–water partition coefficient (Wildman–Crippen LogP) is 0.262. The van der Waals surface area contributed by atoms with Gasteiger partial charge in [-0.25, -0.2) is 4.79 Å². The summed E-state index contributed by atoms with van der Waals surface area (Å²) in [5.41, 5.74) is 0. The molecular formula is C5H6N2O2. The van der Waals surface area contributed by atoms with E-state index in [-0.39, 0.29) is 6.04 Å². The van der Waals surface area contributed by atoms with E-state index in [1.807, 2.05) is 6.07 Å². The van der Waals surface area contributed by atoms with E-state index in [4.69, 9.17) is 10.4 Å². The number of hydrogen-bond acceptors (Lipinski definition) is 2. The molecule has 0 bridgehead atoms. The molecule has 0 spiro atoms. The lowest BCUT2D eigenvalue weighted by molar-refractivity contribution is 0.0967. The highest BCUT2D eigenvalue weighted by Crippen LogP contribution is 2.15. The molecule has 0 radical (unpaired) electrons. The zero-order valence-corrected chi connectivity index (χ0v) is 4.74. The molecule has 1 fully saturated rings. The van der Waals surface area contributed by atoms with Crippen LogP contribution in [0.1, 0.15) is 6.42 Å². The Balaban J connectivity index is 2.47. The molecule has 0 aromatic carbocycles. The predicted molar refractivity (Wildman–Crippen MR) is 28.7 cm³/mol. The molecule has 1 amide bonds. The van der Waals surface area contributed by atoms with E-state index in [0.29, 0.717) is 13.0 Å². The lowest BCUT2D eigenvalue weighted by Gasteiger charge is -2.33. The van der Waals surface area contributed by atoms with Gasteiger partial charge in [0.15, 0.2) is 0 Å². The Morgan fingerprint density at radius 2 is 2.56 bits per heavy atom. The van der Waals surface area contributed by atoms with Crippen molar-refractivity contribution < 1.29 is 9.90 Å². The molecule has 4 nitrogen and oxygen atoms in total. The molecular weight excluding hydrogens is 120 g/mol. The highest BCUT2D eigenvalue weighted by molar-refractivity contribution is 5.67. The van der Waals surface area contributed by atoms with Gasteiger partial charge in [0.2, 0.25) is 0 Å². The second kappa shape index (κ2) is 1.94. The van der Waals surface area contributed by atoms with Gasteiger partial charge in [-0.05, 0) is 6.42 Å². The second-order valence-electron chi connectivity index (χ2n) is 1.91. The first-order valence-electron chi connectivity index (χ1n) is 2.65. The summed E-state index contributed by atoms with van der Waals surface area (Å²) in [5.74, 6) is 0. The van der Waals surface area contributed by atoms with Gasteiger partial charge in [0.05, 0.1) is 6.07 Å². The van der Waals surface area contributed by atoms with Crippen molar-refractivity contribution in [1.29, 1.82) is 5.26 Å². The summed E-state index contributed by atoms with van der Waals surface area (Å²) in [5, 5.41) is 16.6. The van der Waals surface area contributed by atoms with Crippen LogP contribution in [0.2, 0.25) is 0 Å². The number of amides is 1. The topological polar surface area (TPSA) is 64.3 Å². The van der Waals surface area contributed by atoms with Gasteiger partial charge in [0.1, 0.15) is 6.04 Å². The Morgan fingerprint density at radius 1 is 1.89 bits per heavy atom. The van der Waals surface area contributed by atoms with Crippen LogP contribution in [0.25, 0.3) is 0 Å². The molecule has 1 atom stereocenters. The van der Waals surface area contributed by atoms with Crippen molar-refractivity contribution in [2.24, 2.45) is 0 Å². The molecule has 0 aliphatic carbocycles. The van der Waals surface area contributed by atoms with E-state index in [1.54, 1.807) is 0 Å². The SMILES string of the molecule is N#CC1CCN1C(=O)O. The molecule has 1 heterocycles. The van der Waals surface area contributed by atoms with Crippen molar-refractivity contribution in [2.45, 2.75) is 12.5 Å². The fourth-order valence-corrected chi connectivity index (χ4v) is 0.750. The van der Waals surface area contributed by atoms with E-state index >= 15 is 0 Å². The fourth-order valence-electron chi connectivity index (χ4n) is 0.750. The number of carbonyl (C=O) groups is 1. The molecule has 4 heteroatoms.